The molecule has 0 saturated heterocycles. The van der Waals surface area contributed by atoms with Crippen LogP contribution in [0.2, 0.25) is 0 Å². The SMILES string of the molecule is CC(C)(CNC(=O)N[C@@H](CC(N)=O)C(=O)O)S(C)(=O)=O. The quantitative estimate of drug-likeness (QED) is 0.445. The maximum absolute atomic E-state index is 11.5. The Balaban J connectivity index is 4.56. The number of hydrogen-bond donors (Lipinski definition) is 4. The van der Waals surface area contributed by atoms with Crippen LogP contribution in [0, 0.1) is 0 Å². The molecule has 0 aliphatic carbocycles. The van der Waals surface area contributed by atoms with Crippen molar-refractivity contribution in [1.29, 1.82) is 0 Å². The number of urea groups is 1. The molecule has 0 aromatic heterocycles. The van der Waals surface area contributed by atoms with Crippen molar-refractivity contribution < 1.29 is 27.9 Å². The van der Waals surface area contributed by atoms with E-state index in [9.17, 15) is 22.8 Å². The van der Waals surface area contributed by atoms with Gasteiger partial charge in [-0.05, 0) is 13.8 Å². The van der Waals surface area contributed by atoms with Crippen molar-refractivity contribution in [2.24, 2.45) is 5.73 Å². The van der Waals surface area contributed by atoms with Crippen molar-refractivity contribution >= 4 is 27.7 Å². The molecule has 9 nitrogen and oxygen atoms in total. The lowest BCUT2D eigenvalue weighted by Gasteiger charge is -2.23. The average Bonchev–Trinajstić information content (AvgIpc) is 2.23. The Morgan fingerprint density at radius 2 is 1.80 bits per heavy atom. The molecule has 0 aliphatic rings. The second-order valence-electron chi connectivity index (χ2n) is 4.92. The molecule has 10 heteroatoms. The van der Waals surface area contributed by atoms with E-state index >= 15 is 0 Å². The molecule has 0 fully saturated rings. The third-order valence-electron chi connectivity index (χ3n) is 2.69. The van der Waals surface area contributed by atoms with Crippen molar-refractivity contribution in [2.45, 2.75) is 31.1 Å². The zero-order chi connectivity index (χ0) is 16.1. The molecule has 0 aromatic rings. The lowest BCUT2D eigenvalue weighted by atomic mass is 10.2. The van der Waals surface area contributed by atoms with E-state index in [1.807, 2.05) is 5.32 Å². The van der Waals surface area contributed by atoms with Gasteiger partial charge in [-0.25, -0.2) is 18.0 Å². The van der Waals surface area contributed by atoms with Gasteiger partial charge in [0.05, 0.1) is 11.2 Å². The fourth-order valence-electron chi connectivity index (χ4n) is 1.03. The lowest BCUT2D eigenvalue weighted by molar-refractivity contribution is -0.140. The Hall–Kier alpha value is -1.84. The van der Waals surface area contributed by atoms with E-state index in [1.54, 1.807) is 0 Å². The predicted molar refractivity (Wildman–Crippen MR) is 70.7 cm³/mol. The second-order valence-corrected chi connectivity index (χ2v) is 7.57. The maximum Gasteiger partial charge on any atom is 0.326 e. The number of hydrogen-bond acceptors (Lipinski definition) is 5. The van der Waals surface area contributed by atoms with Crippen molar-refractivity contribution in [1.82, 2.24) is 10.6 Å². The van der Waals surface area contributed by atoms with Gasteiger partial charge >= 0.3 is 12.0 Å². The van der Waals surface area contributed by atoms with Crippen LogP contribution in [0.5, 0.6) is 0 Å². The molecule has 1 atom stereocenters. The average molecular weight is 309 g/mol. The van der Waals surface area contributed by atoms with Gasteiger partial charge in [0.15, 0.2) is 9.84 Å². The molecule has 0 heterocycles. The molecule has 3 amide bonds. The Labute approximate surface area is 116 Å². The van der Waals surface area contributed by atoms with E-state index in [2.05, 4.69) is 5.32 Å². The fourth-order valence-corrected chi connectivity index (χ4v) is 1.37. The van der Waals surface area contributed by atoms with Crippen LogP contribution in [-0.4, -0.2) is 55.0 Å². The molecular formula is C10H19N3O6S. The van der Waals surface area contributed by atoms with Gasteiger partial charge in [0.25, 0.3) is 0 Å². The van der Waals surface area contributed by atoms with E-state index in [1.165, 1.54) is 13.8 Å². The van der Waals surface area contributed by atoms with Gasteiger partial charge in [0.2, 0.25) is 5.91 Å². The summed E-state index contributed by atoms with van der Waals surface area (Å²) in [4.78, 5) is 32.9. The summed E-state index contributed by atoms with van der Waals surface area (Å²) in [6.45, 7) is 2.63. The number of carbonyl (C=O) groups excluding carboxylic acids is 2. The number of nitrogens with one attached hydrogen (secondary N) is 2. The van der Waals surface area contributed by atoms with Crippen molar-refractivity contribution in [3.05, 3.63) is 0 Å². The van der Waals surface area contributed by atoms with Crippen LogP contribution in [0.15, 0.2) is 0 Å². The Morgan fingerprint density at radius 3 is 2.15 bits per heavy atom. The molecule has 0 aromatic carbocycles. The van der Waals surface area contributed by atoms with Crippen LogP contribution < -0.4 is 16.4 Å². The van der Waals surface area contributed by atoms with E-state index in [4.69, 9.17) is 10.8 Å². The zero-order valence-electron chi connectivity index (χ0n) is 11.5. The topological polar surface area (TPSA) is 156 Å². The minimum absolute atomic E-state index is 0.208. The first kappa shape index (κ1) is 18.2. The monoisotopic (exact) mass is 309 g/mol. The predicted octanol–water partition coefficient (Wildman–Crippen LogP) is -1.56. The number of amides is 3. The zero-order valence-corrected chi connectivity index (χ0v) is 12.3. The first-order valence-corrected chi connectivity index (χ1v) is 7.51. The minimum Gasteiger partial charge on any atom is -0.480 e. The van der Waals surface area contributed by atoms with Crippen molar-refractivity contribution in [2.75, 3.05) is 12.8 Å². The van der Waals surface area contributed by atoms with E-state index in [-0.39, 0.29) is 6.54 Å². The first-order chi connectivity index (χ1) is 8.86. The summed E-state index contributed by atoms with van der Waals surface area (Å²) in [6.07, 6.45) is 0.470. The number of rotatable bonds is 7. The number of aliphatic carboxylic acids is 1. The summed E-state index contributed by atoms with van der Waals surface area (Å²) in [5.41, 5.74) is 4.85. The minimum atomic E-state index is -3.39. The van der Waals surface area contributed by atoms with Gasteiger partial charge in [0, 0.05) is 12.8 Å². The second kappa shape index (κ2) is 6.55. The lowest BCUT2D eigenvalue weighted by Crippen LogP contribution is -2.51. The summed E-state index contributed by atoms with van der Waals surface area (Å²) < 4.78 is 21.6. The maximum atomic E-state index is 11.5. The first-order valence-electron chi connectivity index (χ1n) is 5.62. The summed E-state index contributed by atoms with van der Waals surface area (Å²) in [7, 11) is -3.39. The number of primary amides is 1. The van der Waals surface area contributed by atoms with Gasteiger partial charge in [-0.2, -0.15) is 0 Å². The third-order valence-corrected chi connectivity index (χ3v) is 4.84. The number of sulfone groups is 1. The molecule has 0 saturated carbocycles. The van der Waals surface area contributed by atoms with E-state index in [0.717, 1.165) is 6.26 Å². The highest BCUT2D eigenvalue weighted by atomic mass is 32.2. The number of carbonyl (C=O) groups is 3. The van der Waals surface area contributed by atoms with E-state index < -0.39 is 45.0 Å². The number of carboxylic acid groups (broad SMARTS) is 1. The molecule has 116 valence electrons. The summed E-state index contributed by atoms with van der Waals surface area (Å²) in [6, 6.07) is -2.36. The standard InChI is InChI=1S/C10H19N3O6S/c1-10(2,20(3,18)19)5-12-9(17)13-6(8(15)16)4-7(11)14/h6H,4-5H2,1-3H3,(H2,11,14)(H,15,16)(H2,12,13,17)/t6-/m0/s1. The van der Waals surface area contributed by atoms with Gasteiger partial charge < -0.3 is 21.5 Å². The van der Waals surface area contributed by atoms with Gasteiger partial charge in [-0.1, -0.05) is 0 Å². The molecule has 0 radical (unpaired) electrons. The fraction of sp³-hybridized carbons (Fsp3) is 0.700. The highest BCUT2D eigenvalue weighted by molar-refractivity contribution is 7.92. The molecule has 0 rings (SSSR count). The number of nitrogens with two attached hydrogens (primary N) is 1. The van der Waals surface area contributed by atoms with Crippen LogP contribution in [-0.2, 0) is 19.4 Å². The summed E-state index contributed by atoms with van der Waals surface area (Å²) >= 11 is 0. The van der Waals surface area contributed by atoms with Crippen LogP contribution in [0.3, 0.4) is 0 Å². The van der Waals surface area contributed by atoms with Crippen LogP contribution in [0.4, 0.5) is 4.79 Å². The largest absolute Gasteiger partial charge is 0.480 e. The Morgan fingerprint density at radius 1 is 1.30 bits per heavy atom. The Bertz CT molecular complexity index is 499. The van der Waals surface area contributed by atoms with Gasteiger partial charge in [-0.15, -0.1) is 0 Å². The third kappa shape index (κ3) is 5.87. The molecule has 0 unspecified atom stereocenters. The van der Waals surface area contributed by atoms with Crippen LogP contribution >= 0.6 is 0 Å². The molecule has 5 N–H and O–H groups in total. The normalized spacial score (nSPS) is 13.3. The van der Waals surface area contributed by atoms with Gasteiger partial charge in [0.1, 0.15) is 6.04 Å². The number of carboxylic acids is 1. The summed E-state index contributed by atoms with van der Waals surface area (Å²) in [5, 5.41) is 13.1. The van der Waals surface area contributed by atoms with Crippen molar-refractivity contribution in [3.8, 4) is 0 Å². The Kier molecular flexibility index (Phi) is 5.95. The van der Waals surface area contributed by atoms with Crippen molar-refractivity contribution in [3.63, 3.8) is 0 Å². The molecule has 0 spiro atoms. The van der Waals surface area contributed by atoms with Crippen LogP contribution in [0.25, 0.3) is 0 Å². The molecule has 0 bridgehead atoms. The highest BCUT2D eigenvalue weighted by Crippen LogP contribution is 2.13. The van der Waals surface area contributed by atoms with Gasteiger partial charge in [-0.3, -0.25) is 4.79 Å². The smallest absolute Gasteiger partial charge is 0.326 e. The molecular weight excluding hydrogens is 290 g/mol. The molecule has 20 heavy (non-hydrogen) atoms. The van der Waals surface area contributed by atoms with E-state index in [0.29, 0.717) is 0 Å². The molecule has 0 aliphatic heterocycles. The highest BCUT2D eigenvalue weighted by Gasteiger charge is 2.31. The summed E-state index contributed by atoms with van der Waals surface area (Å²) in [5.74, 6) is -2.30. The van der Waals surface area contributed by atoms with Crippen LogP contribution in [0.1, 0.15) is 20.3 Å².